The summed E-state index contributed by atoms with van der Waals surface area (Å²) in [6.07, 6.45) is 2.42. The number of halogens is 1. The number of pyridine rings is 2. The molecule has 0 aromatic carbocycles. The Balaban J connectivity index is 2.38. The largest absolute Gasteiger partial charge is 0.478 e. The van der Waals surface area contributed by atoms with E-state index >= 15 is 0 Å². The van der Waals surface area contributed by atoms with Crippen molar-refractivity contribution < 1.29 is 14.8 Å². The van der Waals surface area contributed by atoms with Crippen LogP contribution in [0.5, 0.6) is 0 Å². The zero-order valence-electron chi connectivity index (χ0n) is 9.69. The maximum absolute atomic E-state index is 11.1. The molecule has 0 saturated heterocycles. The first-order valence-electron chi connectivity index (χ1n) is 5.14. The van der Waals surface area contributed by atoms with Crippen molar-refractivity contribution in [2.45, 2.75) is 10.1 Å². The lowest BCUT2D eigenvalue weighted by Gasteiger charge is -2.04. The number of hydrogen-bond donors (Lipinski definition) is 1. The molecule has 0 atom stereocenters. The fourth-order valence-electron chi connectivity index (χ4n) is 1.30. The molecule has 2 aromatic heterocycles. The van der Waals surface area contributed by atoms with E-state index in [1.54, 1.807) is 12.1 Å². The van der Waals surface area contributed by atoms with Gasteiger partial charge in [0.25, 0.3) is 5.69 Å². The lowest BCUT2D eigenvalue weighted by Crippen LogP contribution is -2.03. The van der Waals surface area contributed by atoms with Gasteiger partial charge in [-0.2, -0.15) is 0 Å². The minimum atomic E-state index is -1.29. The van der Waals surface area contributed by atoms with Crippen molar-refractivity contribution in [2.24, 2.45) is 0 Å². The van der Waals surface area contributed by atoms with Gasteiger partial charge in [0.1, 0.15) is 16.2 Å². The zero-order valence-corrected chi connectivity index (χ0v) is 11.3. The highest BCUT2D eigenvalue weighted by Gasteiger charge is 2.18. The summed E-state index contributed by atoms with van der Waals surface area (Å²) in [7, 11) is 0. The van der Waals surface area contributed by atoms with Crippen LogP contribution >= 0.6 is 23.4 Å². The normalized spacial score (nSPS) is 10.2. The van der Waals surface area contributed by atoms with E-state index in [0.717, 1.165) is 24.0 Å². The molecule has 9 heteroatoms. The lowest BCUT2D eigenvalue weighted by molar-refractivity contribution is -0.385. The average molecular weight is 312 g/mol. The van der Waals surface area contributed by atoms with Gasteiger partial charge in [0.2, 0.25) is 0 Å². The van der Waals surface area contributed by atoms with E-state index in [1.807, 2.05) is 0 Å². The Labute approximate surface area is 121 Å². The van der Waals surface area contributed by atoms with Crippen LogP contribution in [0.2, 0.25) is 5.02 Å². The molecule has 7 nitrogen and oxygen atoms in total. The molecule has 0 aliphatic heterocycles. The van der Waals surface area contributed by atoms with Crippen molar-refractivity contribution in [3.8, 4) is 0 Å². The Morgan fingerprint density at radius 3 is 2.65 bits per heavy atom. The van der Waals surface area contributed by atoms with Crippen molar-refractivity contribution in [3.05, 3.63) is 51.3 Å². The Hall–Kier alpha value is -2.19. The number of aromatic carboxylic acids is 1. The van der Waals surface area contributed by atoms with E-state index in [2.05, 4.69) is 9.97 Å². The van der Waals surface area contributed by atoms with Gasteiger partial charge in [0, 0.05) is 12.3 Å². The number of nitro groups is 1. The molecule has 2 aromatic rings. The topological polar surface area (TPSA) is 106 Å². The minimum absolute atomic E-state index is 0.123. The van der Waals surface area contributed by atoms with Crippen molar-refractivity contribution in [1.82, 2.24) is 9.97 Å². The van der Waals surface area contributed by atoms with Crippen molar-refractivity contribution in [2.75, 3.05) is 0 Å². The Morgan fingerprint density at radius 1 is 1.35 bits per heavy atom. The molecule has 0 saturated carbocycles. The van der Waals surface area contributed by atoms with E-state index in [4.69, 9.17) is 16.7 Å². The Bertz CT molecular complexity index is 678. The predicted octanol–water partition coefficient (Wildman–Crippen LogP) is 2.89. The van der Waals surface area contributed by atoms with Crippen LogP contribution in [0.15, 0.2) is 40.6 Å². The lowest BCUT2D eigenvalue weighted by atomic mass is 10.3. The highest BCUT2D eigenvalue weighted by Crippen LogP contribution is 2.29. The van der Waals surface area contributed by atoms with Gasteiger partial charge in [-0.15, -0.1) is 0 Å². The summed E-state index contributed by atoms with van der Waals surface area (Å²) in [5.41, 5.74) is -0.628. The average Bonchev–Trinajstić information content (AvgIpc) is 2.41. The first-order valence-corrected chi connectivity index (χ1v) is 6.34. The maximum atomic E-state index is 11.1. The van der Waals surface area contributed by atoms with E-state index in [-0.39, 0.29) is 16.3 Å². The van der Waals surface area contributed by atoms with Crippen LogP contribution in [-0.4, -0.2) is 26.0 Å². The number of carbonyl (C=O) groups is 1. The van der Waals surface area contributed by atoms with Crippen LogP contribution in [0, 0.1) is 10.1 Å². The molecule has 20 heavy (non-hydrogen) atoms. The summed E-state index contributed by atoms with van der Waals surface area (Å²) < 4.78 is 0. The number of hydrogen-bond acceptors (Lipinski definition) is 6. The molecule has 0 aliphatic carbocycles. The van der Waals surface area contributed by atoms with Crippen LogP contribution in [0.3, 0.4) is 0 Å². The molecule has 0 radical (unpaired) electrons. The summed E-state index contributed by atoms with van der Waals surface area (Å²) in [5, 5.41) is 20.8. The van der Waals surface area contributed by atoms with Gasteiger partial charge in [-0.25, -0.2) is 14.8 Å². The first kappa shape index (κ1) is 14.2. The molecule has 1 N–H and O–H groups in total. The van der Waals surface area contributed by atoms with Gasteiger partial charge >= 0.3 is 5.97 Å². The van der Waals surface area contributed by atoms with Crippen LogP contribution < -0.4 is 0 Å². The number of carboxylic acids is 1. The van der Waals surface area contributed by atoms with Crippen molar-refractivity contribution in [3.63, 3.8) is 0 Å². The third kappa shape index (κ3) is 3.22. The monoisotopic (exact) mass is 311 g/mol. The number of rotatable bonds is 4. The quantitative estimate of drug-likeness (QED) is 0.683. The van der Waals surface area contributed by atoms with Gasteiger partial charge in [-0.3, -0.25) is 10.1 Å². The second-order valence-corrected chi connectivity index (χ2v) is 4.97. The molecule has 0 fully saturated rings. The van der Waals surface area contributed by atoms with Crippen LogP contribution in [0.25, 0.3) is 0 Å². The number of nitrogens with zero attached hydrogens (tertiary/aromatic N) is 3. The minimum Gasteiger partial charge on any atom is -0.478 e. The van der Waals surface area contributed by atoms with E-state index < -0.39 is 10.9 Å². The zero-order chi connectivity index (χ0) is 14.7. The molecule has 0 aliphatic rings. The summed E-state index contributed by atoms with van der Waals surface area (Å²) >= 11 is 6.68. The first-order chi connectivity index (χ1) is 9.47. The second kappa shape index (κ2) is 5.85. The van der Waals surface area contributed by atoms with E-state index in [0.29, 0.717) is 10.0 Å². The van der Waals surface area contributed by atoms with Crippen LogP contribution in [0.1, 0.15) is 10.4 Å². The molecular formula is C11H6ClN3O4S. The van der Waals surface area contributed by atoms with Crippen LogP contribution in [0.4, 0.5) is 5.69 Å². The van der Waals surface area contributed by atoms with Crippen molar-refractivity contribution >= 4 is 35.0 Å². The van der Waals surface area contributed by atoms with E-state index in [1.165, 1.54) is 6.20 Å². The molecule has 0 bridgehead atoms. The summed E-state index contributed by atoms with van der Waals surface area (Å²) in [6.45, 7) is 0. The smallest absolute Gasteiger partial charge is 0.338 e. The molecule has 0 unspecified atom stereocenters. The van der Waals surface area contributed by atoms with Gasteiger partial charge < -0.3 is 5.11 Å². The van der Waals surface area contributed by atoms with Crippen molar-refractivity contribution in [1.29, 1.82) is 0 Å². The SMILES string of the molecule is O=C(O)c1cc([N+](=O)[O-])cnc1Sc1ccc(Cl)cn1. The number of aromatic nitrogens is 2. The number of carboxylic acid groups (broad SMARTS) is 1. The molecular weight excluding hydrogens is 306 g/mol. The highest BCUT2D eigenvalue weighted by atomic mass is 35.5. The Morgan fingerprint density at radius 2 is 2.10 bits per heavy atom. The fourth-order valence-corrected chi connectivity index (χ4v) is 2.21. The molecule has 0 spiro atoms. The third-order valence-electron chi connectivity index (χ3n) is 2.18. The van der Waals surface area contributed by atoms with Crippen LogP contribution in [-0.2, 0) is 0 Å². The fraction of sp³-hybridized carbons (Fsp3) is 0. The summed E-state index contributed by atoms with van der Waals surface area (Å²) in [5.74, 6) is -1.29. The maximum Gasteiger partial charge on any atom is 0.338 e. The predicted molar refractivity (Wildman–Crippen MR) is 71.2 cm³/mol. The van der Waals surface area contributed by atoms with Gasteiger partial charge in [0.05, 0.1) is 15.5 Å². The Kier molecular flexibility index (Phi) is 4.16. The second-order valence-electron chi connectivity index (χ2n) is 3.53. The molecule has 0 amide bonds. The van der Waals surface area contributed by atoms with Gasteiger partial charge in [-0.1, -0.05) is 11.6 Å². The summed E-state index contributed by atoms with van der Waals surface area (Å²) in [4.78, 5) is 28.8. The third-order valence-corrected chi connectivity index (χ3v) is 3.37. The molecule has 2 heterocycles. The molecule has 2 rings (SSSR count). The van der Waals surface area contributed by atoms with Gasteiger partial charge in [0.15, 0.2) is 0 Å². The highest BCUT2D eigenvalue weighted by molar-refractivity contribution is 7.99. The van der Waals surface area contributed by atoms with E-state index in [9.17, 15) is 14.9 Å². The molecule has 102 valence electrons. The van der Waals surface area contributed by atoms with Gasteiger partial charge in [-0.05, 0) is 23.9 Å². The summed E-state index contributed by atoms with van der Waals surface area (Å²) in [6, 6.07) is 4.16. The standard InChI is InChI=1S/C11H6ClN3O4S/c12-6-1-2-9(13-4-6)20-10-8(11(16)17)3-7(5-14-10)15(18)19/h1-5H,(H,16,17).